The summed E-state index contributed by atoms with van der Waals surface area (Å²) >= 11 is 6.13. The topological polar surface area (TPSA) is 147 Å². The van der Waals surface area contributed by atoms with Crippen LogP contribution in [0.1, 0.15) is 32.8 Å². The molecule has 1 aromatic carbocycles. The molecule has 4 rings (SSSR count). The lowest BCUT2D eigenvalue weighted by atomic mass is 10.1. The second kappa shape index (κ2) is 11.2. The Labute approximate surface area is 223 Å². The number of rotatable bonds is 10. The van der Waals surface area contributed by atoms with Crippen molar-refractivity contribution in [3.05, 3.63) is 48.5 Å². The number of aryl methyl sites for hydroxylation is 1. The molecule has 3 heterocycles. The Balaban J connectivity index is 1.55. The highest BCUT2D eigenvalue weighted by Gasteiger charge is 2.58. The molecule has 0 bridgehead atoms. The molecule has 0 amide bonds. The van der Waals surface area contributed by atoms with Gasteiger partial charge in [0.2, 0.25) is 0 Å². The van der Waals surface area contributed by atoms with Crippen molar-refractivity contribution in [1.82, 2.24) is 24.6 Å². The Bertz CT molecular complexity index is 1330. The third-order valence-electron chi connectivity index (χ3n) is 5.55. The number of nitrogens with one attached hydrogen (secondary N) is 1. The summed E-state index contributed by atoms with van der Waals surface area (Å²) in [5.41, 5.74) is 0.436. The highest BCUT2D eigenvalue weighted by atomic mass is 35.5. The Morgan fingerprint density at radius 3 is 2.66 bits per heavy atom. The van der Waals surface area contributed by atoms with Crippen LogP contribution in [-0.4, -0.2) is 66.7 Å². The van der Waals surface area contributed by atoms with Gasteiger partial charge in [-0.15, -0.1) is 0 Å². The molecular weight excluding hydrogens is 544 g/mol. The normalized spacial score (nSPS) is 25.8. The van der Waals surface area contributed by atoms with E-state index in [0.29, 0.717) is 5.82 Å². The van der Waals surface area contributed by atoms with E-state index in [0.717, 1.165) is 0 Å². The number of alkyl halides is 2. The summed E-state index contributed by atoms with van der Waals surface area (Å²) in [6.45, 7) is 5.73. The zero-order valence-corrected chi connectivity index (χ0v) is 22.7. The molecule has 0 aliphatic carbocycles. The molecular formula is C23H28ClFN5O7P. The minimum absolute atomic E-state index is 0.176. The number of aliphatic hydroxyl groups is 1. The summed E-state index contributed by atoms with van der Waals surface area (Å²) in [6.07, 6.45) is -2.43. The van der Waals surface area contributed by atoms with Crippen LogP contribution >= 0.6 is 19.3 Å². The van der Waals surface area contributed by atoms with Crippen LogP contribution in [-0.2, 0) is 23.4 Å². The predicted molar refractivity (Wildman–Crippen MR) is 134 cm³/mol. The van der Waals surface area contributed by atoms with Crippen LogP contribution in [0, 0.1) is 6.92 Å². The van der Waals surface area contributed by atoms with E-state index in [1.807, 2.05) is 0 Å². The number of carbonyl (C=O) groups excluding carboxylic acids is 1. The fourth-order valence-electron chi connectivity index (χ4n) is 3.81. The maximum absolute atomic E-state index is 15.7. The lowest BCUT2D eigenvalue weighted by Crippen LogP contribution is -2.40. The largest absolute Gasteiger partial charge is 0.462 e. The van der Waals surface area contributed by atoms with Crippen molar-refractivity contribution in [2.24, 2.45) is 0 Å². The van der Waals surface area contributed by atoms with E-state index < -0.39 is 56.0 Å². The quantitative estimate of drug-likeness (QED) is 0.209. The van der Waals surface area contributed by atoms with Crippen LogP contribution in [0.15, 0.2) is 42.7 Å². The zero-order chi connectivity index (χ0) is 27.7. The van der Waals surface area contributed by atoms with Crippen LogP contribution < -0.4 is 9.61 Å². The highest BCUT2D eigenvalue weighted by Crippen LogP contribution is 2.49. The van der Waals surface area contributed by atoms with Gasteiger partial charge < -0.3 is 19.1 Å². The van der Waals surface area contributed by atoms with Gasteiger partial charge in [0.25, 0.3) is 5.13 Å². The number of para-hydroxylation sites is 1. The van der Waals surface area contributed by atoms with Crippen LogP contribution in [0.2, 0.25) is 0 Å². The van der Waals surface area contributed by atoms with E-state index in [4.69, 9.17) is 30.1 Å². The molecule has 0 saturated carbocycles. The molecule has 3 aromatic rings. The molecule has 2 N–H and O–H groups in total. The summed E-state index contributed by atoms with van der Waals surface area (Å²) in [4.78, 5) is 24.8. The number of halogens is 2. The third-order valence-corrected chi connectivity index (χ3v) is 7.61. The number of benzene rings is 1. The number of aromatic nitrogens is 4. The van der Waals surface area contributed by atoms with Crippen molar-refractivity contribution >= 4 is 36.6 Å². The number of carbonyl (C=O) groups is 1. The zero-order valence-electron chi connectivity index (χ0n) is 21.0. The first-order chi connectivity index (χ1) is 17.9. The minimum Gasteiger partial charge on any atom is -0.462 e. The molecule has 1 fully saturated rings. The van der Waals surface area contributed by atoms with Crippen molar-refractivity contribution < 1.29 is 37.4 Å². The molecule has 206 valence electrons. The predicted octanol–water partition coefficient (Wildman–Crippen LogP) is 3.43. The first kappa shape index (κ1) is 28.3. The Morgan fingerprint density at radius 2 is 1.97 bits per heavy atom. The summed E-state index contributed by atoms with van der Waals surface area (Å²) in [5, 5.41) is 10.4. The lowest BCUT2D eigenvalue weighted by Gasteiger charge is -2.25. The van der Waals surface area contributed by atoms with Crippen LogP contribution in [0.3, 0.4) is 0 Å². The molecule has 2 aromatic heterocycles. The van der Waals surface area contributed by atoms with Crippen LogP contribution in [0.5, 0.6) is 5.75 Å². The fourth-order valence-corrected chi connectivity index (χ4v) is 5.60. The Hall–Kier alpha value is -2.67. The number of aliphatic hydroxyl groups excluding tert-OH is 1. The molecule has 1 aliphatic rings. The molecule has 15 heteroatoms. The van der Waals surface area contributed by atoms with Crippen LogP contribution in [0.25, 0.3) is 11.3 Å². The first-order valence-corrected chi connectivity index (χ1v) is 13.7. The number of nitrogens with zero attached hydrogens (tertiary/aromatic N) is 4. The molecule has 1 unspecified atom stereocenters. The van der Waals surface area contributed by atoms with Crippen molar-refractivity contribution in [2.75, 3.05) is 6.61 Å². The number of hydrogen-bond donors (Lipinski definition) is 2. The van der Waals surface area contributed by atoms with Gasteiger partial charge in [-0.25, -0.2) is 23.9 Å². The van der Waals surface area contributed by atoms with Crippen molar-refractivity contribution in [1.29, 1.82) is 0 Å². The Morgan fingerprint density at radius 1 is 1.29 bits per heavy atom. The maximum Gasteiger partial charge on any atom is 0.459 e. The van der Waals surface area contributed by atoms with Gasteiger partial charge in [-0.3, -0.25) is 13.9 Å². The van der Waals surface area contributed by atoms with Gasteiger partial charge in [-0.05, 0) is 39.8 Å². The third kappa shape index (κ3) is 5.98. The number of ether oxygens (including phenoxy) is 2. The highest BCUT2D eigenvalue weighted by molar-refractivity contribution is 7.52. The van der Waals surface area contributed by atoms with E-state index >= 15 is 4.39 Å². The second-order valence-corrected chi connectivity index (χ2v) is 11.2. The van der Waals surface area contributed by atoms with Gasteiger partial charge in [0, 0.05) is 12.4 Å². The number of hydrogen-bond acceptors (Lipinski definition) is 10. The van der Waals surface area contributed by atoms with E-state index in [9.17, 15) is 14.5 Å². The van der Waals surface area contributed by atoms with Crippen LogP contribution in [0.4, 0.5) is 4.39 Å². The van der Waals surface area contributed by atoms with Crippen molar-refractivity contribution in [2.45, 2.75) is 63.4 Å². The standard InChI is InChI=1S/C23H28ClFN5O7P/c1-13(2)35-21(32)14(3)29-38(33,37-16-8-6-5-7-9-16)34-12-17-18(31)23(24,25)22(36-17)30-15(4)28-19-20(30)27-11-10-26-19/h5-11,13-14,17-18,22,31H,12H2,1-4H3,(H,29,33)/t14-,17-,18-,22-,23-,38?/m1/s1. The van der Waals surface area contributed by atoms with Crippen molar-refractivity contribution in [3.8, 4) is 5.75 Å². The molecule has 38 heavy (non-hydrogen) atoms. The van der Waals surface area contributed by atoms with Crippen molar-refractivity contribution in [3.63, 3.8) is 0 Å². The molecule has 12 nitrogen and oxygen atoms in total. The minimum atomic E-state index is -4.29. The summed E-state index contributed by atoms with van der Waals surface area (Å²) in [6, 6.07) is 6.99. The lowest BCUT2D eigenvalue weighted by molar-refractivity contribution is -0.149. The van der Waals surface area contributed by atoms with Gasteiger partial charge in [0.05, 0.1) is 12.7 Å². The molecule has 1 saturated heterocycles. The summed E-state index contributed by atoms with van der Waals surface area (Å²) < 4.78 is 52.6. The maximum atomic E-state index is 15.7. The average molecular weight is 572 g/mol. The molecule has 6 atom stereocenters. The first-order valence-electron chi connectivity index (χ1n) is 11.8. The van der Waals surface area contributed by atoms with Gasteiger partial charge in [0.15, 0.2) is 17.5 Å². The van der Waals surface area contributed by atoms with E-state index in [1.165, 1.54) is 36.0 Å². The molecule has 1 aliphatic heterocycles. The van der Waals surface area contributed by atoms with E-state index in [-0.39, 0.29) is 17.0 Å². The summed E-state index contributed by atoms with van der Waals surface area (Å²) in [7, 11) is -4.29. The van der Waals surface area contributed by atoms with Gasteiger partial charge >= 0.3 is 13.7 Å². The number of esters is 1. The molecule has 0 spiro atoms. The smallest absolute Gasteiger partial charge is 0.459 e. The second-order valence-electron chi connectivity index (χ2n) is 8.91. The number of fused-ring (bicyclic) bond motifs is 1. The molecule has 0 radical (unpaired) electrons. The van der Waals surface area contributed by atoms with Gasteiger partial charge in [0.1, 0.15) is 29.8 Å². The van der Waals surface area contributed by atoms with Gasteiger partial charge in [-0.2, -0.15) is 5.09 Å². The SMILES string of the molecule is Cc1nc2nccnc2n1[C@@H]1O[C@H](COP(=O)(N[C@H](C)C(=O)OC(C)C)Oc2ccccc2)[C@@H](O)[C@]1(F)Cl. The summed E-state index contributed by atoms with van der Waals surface area (Å²) in [5.74, 6) is -0.218. The Kier molecular flexibility index (Phi) is 8.36. The average Bonchev–Trinajstić information content (AvgIpc) is 3.29. The van der Waals surface area contributed by atoms with E-state index in [1.54, 1.807) is 39.0 Å². The monoisotopic (exact) mass is 571 g/mol. The van der Waals surface area contributed by atoms with E-state index in [2.05, 4.69) is 20.0 Å². The van der Waals surface area contributed by atoms with Gasteiger partial charge in [-0.1, -0.05) is 29.8 Å². The fraction of sp³-hybridized carbons (Fsp3) is 0.478. The number of imidazole rings is 1.